The molecule has 0 aliphatic rings. The summed E-state index contributed by atoms with van der Waals surface area (Å²) in [5.41, 5.74) is 7.79. The Morgan fingerprint density at radius 2 is 2.13 bits per heavy atom. The number of carbonyl (C=O) groups excluding carboxylic acids is 1. The van der Waals surface area contributed by atoms with Gasteiger partial charge in [0.1, 0.15) is 0 Å². The first-order valence-electron chi connectivity index (χ1n) is 5.04. The van der Waals surface area contributed by atoms with Crippen molar-refractivity contribution in [2.45, 2.75) is 12.8 Å². The van der Waals surface area contributed by atoms with Crippen LogP contribution in [0.1, 0.15) is 17.0 Å². The summed E-state index contributed by atoms with van der Waals surface area (Å²) in [7, 11) is 3.50. The van der Waals surface area contributed by atoms with Crippen LogP contribution in [0.25, 0.3) is 0 Å². The molecule has 15 heavy (non-hydrogen) atoms. The van der Waals surface area contributed by atoms with Crippen LogP contribution >= 0.6 is 0 Å². The van der Waals surface area contributed by atoms with E-state index in [1.165, 1.54) is 0 Å². The maximum atomic E-state index is 11.8. The van der Waals surface area contributed by atoms with Gasteiger partial charge in [-0.1, -0.05) is 29.8 Å². The summed E-state index contributed by atoms with van der Waals surface area (Å²) < 4.78 is 0. The molecule has 1 rings (SSSR count). The molecule has 82 valence electrons. The van der Waals surface area contributed by atoms with E-state index in [-0.39, 0.29) is 11.8 Å². The Morgan fingerprint density at radius 1 is 1.47 bits per heavy atom. The average Bonchev–Trinajstić information content (AvgIpc) is 2.18. The van der Waals surface area contributed by atoms with Crippen LogP contribution < -0.4 is 5.73 Å². The zero-order chi connectivity index (χ0) is 11.4. The molecule has 0 aromatic heterocycles. The summed E-state index contributed by atoms with van der Waals surface area (Å²) >= 11 is 0. The molecule has 1 atom stereocenters. The molecule has 0 saturated heterocycles. The molecule has 0 heterocycles. The normalized spacial score (nSPS) is 12.3. The lowest BCUT2D eigenvalue weighted by atomic mass is 9.96. The predicted molar refractivity (Wildman–Crippen MR) is 61.7 cm³/mol. The fourth-order valence-electron chi connectivity index (χ4n) is 1.58. The lowest BCUT2D eigenvalue weighted by Gasteiger charge is -2.19. The van der Waals surface area contributed by atoms with Crippen molar-refractivity contribution < 1.29 is 4.79 Å². The number of hydrogen-bond donors (Lipinski definition) is 1. The first-order chi connectivity index (χ1) is 7.06. The van der Waals surface area contributed by atoms with E-state index in [0.717, 1.165) is 11.1 Å². The molecule has 0 saturated carbocycles. The Bertz CT molecular complexity index is 347. The summed E-state index contributed by atoms with van der Waals surface area (Å²) in [4.78, 5) is 13.4. The van der Waals surface area contributed by atoms with Gasteiger partial charge in [0.25, 0.3) is 0 Å². The van der Waals surface area contributed by atoms with Gasteiger partial charge in [-0.25, -0.2) is 0 Å². The summed E-state index contributed by atoms with van der Waals surface area (Å²) in [6.45, 7) is 2.36. The SMILES string of the molecule is Cc1cccc(C(CN)C(=O)N(C)C)c1. The number of amides is 1. The van der Waals surface area contributed by atoms with E-state index in [9.17, 15) is 4.79 Å². The van der Waals surface area contributed by atoms with E-state index in [2.05, 4.69) is 0 Å². The van der Waals surface area contributed by atoms with Gasteiger partial charge in [0.15, 0.2) is 0 Å². The molecule has 1 amide bonds. The summed E-state index contributed by atoms with van der Waals surface area (Å²) in [5.74, 6) is -0.164. The van der Waals surface area contributed by atoms with Crippen molar-refractivity contribution in [3.63, 3.8) is 0 Å². The summed E-state index contributed by atoms with van der Waals surface area (Å²) in [6.07, 6.45) is 0. The number of nitrogens with zero attached hydrogens (tertiary/aromatic N) is 1. The van der Waals surface area contributed by atoms with Crippen molar-refractivity contribution in [2.75, 3.05) is 20.6 Å². The van der Waals surface area contributed by atoms with Gasteiger partial charge in [-0.2, -0.15) is 0 Å². The van der Waals surface area contributed by atoms with Gasteiger partial charge in [-0.05, 0) is 12.5 Å². The van der Waals surface area contributed by atoms with Gasteiger partial charge < -0.3 is 10.6 Å². The lowest BCUT2D eigenvalue weighted by molar-refractivity contribution is -0.130. The van der Waals surface area contributed by atoms with E-state index >= 15 is 0 Å². The maximum absolute atomic E-state index is 11.8. The smallest absolute Gasteiger partial charge is 0.230 e. The zero-order valence-corrected chi connectivity index (χ0v) is 9.53. The molecule has 0 radical (unpaired) electrons. The first kappa shape index (κ1) is 11.7. The highest BCUT2D eigenvalue weighted by atomic mass is 16.2. The number of carbonyl (C=O) groups is 1. The Kier molecular flexibility index (Phi) is 3.86. The van der Waals surface area contributed by atoms with Crippen molar-refractivity contribution in [3.8, 4) is 0 Å². The number of hydrogen-bond acceptors (Lipinski definition) is 2. The van der Waals surface area contributed by atoms with Crippen LogP contribution in [-0.2, 0) is 4.79 Å². The second-order valence-corrected chi connectivity index (χ2v) is 3.94. The van der Waals surface area contributed by atoms with Gasteiger partial charge >= 0.3 is 0 Å². The number of likely N-dealkylation sites (N-methyl/N-ethyl adjacent to an activating group) is 1. The third-order valence-electron chi connectivity index (χ3n) is 2.42. The van der Waals surface area contributed by atoms with Crippen LogP contribution in [0.5, 0.6) is 0 Å². The fraction of sp³-hybridized carbons (Fsp3) is 0.417. The van der Waals surface area contributed by atoms with Gasteiger partial charge in [0.05, 0.1) is 5.92 Å². The molecular weight excluding hydrogens is 188 g/mol. The second-order valence-electron chi connectivity index (χ2n) is 3.94. The molecule has 3 nitrogen and oxygen atoms in total. The monoisotopic (exact) mass is 206 g/mol. The van der Waals surface area contributed by atoms with Crippen LogP contribution in [-0.4, -0.2) is 31.4 Å². The molecular formula is C12H18N2O. The van der Waals surface area contributed by atoms with Crippen molar-refractivity contribution in [1.82, 2.24) is 4.90 Å². The van der Waals surface area contributed by atoms with Crippen molar-refractivity contribution in [3.05, 3.63) is 35.4 Å². The molecule has 1 unspecified atom stereocenters. The van der Waals surface area contributed by atoms with E-state index in [4.69, 9.17) is 5.73 Å². The summed E-state index contributed by atoms with van der Waals surface area (Å²) in [5, 5.41) is 0. The van der Waals surface area contributed by atoms with Crippen LogP contribution in [0.4, 0.5) is 0 Å². The number of benzene rings is 1. The number of rotatable bonds is 3. The van der Waals surface area contributed by atoms with Crippen LogP contribution in [0.2, 0.25) is 0 Å². The number of nitrogens with two attached hydrogens (primary N) is 1. The Morgan fingerprint density at radius 3 is 2.60 bits per heavy atom. The lowest BCUT2D eigenvalue weighted by Crippen LogP contribution is -2.32. The minimum atomic E-state index is -0.222. The van der Waals surface area contributed by atoms with Crippen LogP contribution in [0, 0.1) is 6.92 Å². The molecule has 0 aliphatic carbocycles. The third-order valence-corrected chi connectivity index (χ3v) is 2.42. The standard InChI is InChI=1S/C12H18N2O/c1-9-5-4-6-10(7-9)11(8-13)12(15)14(2)3/h4-7,11H,8,13H2,1-3H3. The van der Waals surface area contributed by atoms with Gasteiger partial charge in [0, 0.05) is 20.6 Å². The molecule has 1 aromatic carbocycles. The molecule has 0 fully saturated rings. The topological polar surface area (TPSA) is 46.3 Å². The zero-order valence-electron chi connectivity index (χ0n) is 9.53. The first-order valence-corrected chi connectivity index (χ1v) is 5.04. The Balaban J connectivity index is 2.97. The molecule has 0 spiro atoms. The van der Waals surface area contributed by atoms with Crippen molar-refractivity contribution in [2.24, 2.45) is 5.73 Å². The largest absolute Gasteiger partial charge is 0.348 e. The van der Waals surface area contributed by atoms with Crippen molar-refractivity contribution in [1.29, 1.82) is 0 Å². The number of aryl methyl sites for hydroxylation is 1. The summed E-state index contributed by atoms with van der Waals surface area (Å²) in [6, 6.07) is 7.93. The molecule has 0 bridgehead atoms. The predicted octanol–water partition coefficient (Wildman–Crippen LogP) is 1.13. The molecule has 0 aliphatic heterocycles. The maximum Gasteiger partial charge on any atom is 0.230 e. The molecule has 1 aromatic rings. The molecule has 2 N–H and O–H groups in total. The Hall–Kier alpha value is -1.35. The van der Waals surface area contributed by atoms with Gasteiger partial charge in [-0.15, -0.1) is 0 Å². The van der Waals surface area contributed by atoms with Crippen LogP contribution in [0.3, 0.4) is 0 Å². The second kappa shape index (κ2) is 4.94. The highest BCUT2D eigenvalue weighted by Gasteiger charge is 2.20. The van der Waals surface area contributed by atoms with E-state index in [1.807, 2.05) is 31.2 Å². The highest BCUT2D eigenvalue weighted by molar-refractivity contribution is 5.83. The molecule has 3 heteroatoms. The quantitative estimate of drug-likeness (QED) is 0.805. The van der Waals surface area contributed by atoms with E-state index in [1.54, 1.807) is 19.0 Å². The van der Waals surface area contributed by atoms with Crippen molar-refractivity contribution >= 4 is 5.91 Å². The van der Waals surface area contributed by atoms with Gasteiger partial charge in [-0.3, -0.25) is 4.79 Å². The Labute approximate surface area is 90.9 Å². The third kappa shape index (κ3) is 2.80. The highest BCUT2D eigenvalue weighted by Crippen LogP contribution is 2.17. The minimum Gasteiger partial charge on any atom is -0.348 e. The van der Waals surface area contributed by atoms with Crippen LogP contribution in [0.15, 0.2) is 24.3 Å². The minimum absolute atomic E-state index is 0.0584. The van der Waals surface area contributed by atoms with Gasteiger partial charge in [0.2, 0.25) is 5.91 Å². The fourth-order valence-corrected chi connectivity index (χ4v) is 1.58. The van der Waals surface area contributed by atoms with E-state index < -0.39 is 0 Å². The van der Waals surface area contributed by atoms with E-state index in [0.29, 0.717) is 6.54 Å². The average molecular weight is 206 g/mol.